The van der Waals surface area contributed by atoms with E-state index < -0.39 is 0 Å². The summed E-state index contributed by atoms with van der Waals surface area (Å²) in [6.07, 6.45) is 3.73. The van der Waals surface area contributed by atoms with Crippen LogP contribution in [0, 0.1) is 13.8 Å². The minimum atomic E-state index is 0.154. The minimum absolute atomic E-state index is 0.154. The number of Topliss-reactive ketones (excluding diaryl/α,β-unsaturated/α-hetero) is 1. The van der Waals surface area contributed by atoms with Crippen molar-refractivity contribution in [1.82, 2.24) is 0 Å². The van der Waals surface area contributed by atoms with Crippen molar-refractivity contribution in [2.45, 2.75) is 59.3 Å². The number of carbonyl (C=O) groups is 1. The van der Waals surface area contributed by atoms with E-state index in [1.165, 1.54) is 22.3 Å². The predicted molar refractivity (Wildman–Crippen MR) is 82.8 cm³/mol. The molecule has 0 spiro atoms. The summed E-state index contributed by atoms with van der Waals surface area (Å²) in [5, 5.41) is 0. The molecular weight excluding hydrogens is 232 g/mol. The van der Waals surface area contributed by atoms with Crippen LogP contribution in [0.3, 0.4) is 0 Å². The summed E-state index contributed by atoms with van der Waals surface area (Å²) in [7, 11) is 0. The first kappa shape index (κ1) is 15.7. The van der Waals surface area contributed by atoms with Crippen LogP contribution >= 0.6 is 0 Å². The van der Waals surface area contributed by atoms with Crippen molar-refractivity contribution in [2.24, 2.45) is 0 Å². The first-order chi connectivity index (χ1) is 8.75. The molecule has 0 aliphatic carbocycles. The third-order valence-electron chi connectivity index (χ3n) is 3.56. The Kier molecular flexibility index (Phi) is 5.11. The summed E-state index contributed by atoms with van der Waals surface area (Å²) in [5.74, 6) is 0.301. The van der Waals surface area contributed by atoms with Gasteiger partial charge in [0.15, 0.2) is 0 Å². The van der Waals surface area contributed by atoms with E-state index in [1.807, 2.05) is 0 Å². The van der Waals surface area contributed by atoms with Crippen molar-refractivity contribution in [3.05, 3.63) is 47.0 Å². The predicted octanol–water partition coefficient (Wildman–Crippen LogP) is 4.68. The molecule has 0 N–H and O–H groups in total. The number of hydrogen-bond donors (Lipinski definition) is 0. The standard InChI is InChI=1S/C18H26O/c1-7-8-9-16(19)12-17-13(2)10-15(11-14(17)3)18(4,5)6/h7,10-11H,1,8-9,12H2,2-6H3. The van der Waals surface area contributed by atoms with Crippen molar-refractivity contribution in [1.29, 1.82) is 0 Å². The number of aryl methyl sites for hydroxylation is 2. The minimum Gasteiger partial charge on any atom is -0.299 e. The fraction of sp³-hybridized carbons (Fsp3) is 0.500. The van der Waals surface area contributed by atoms with Crippen LogP contribution in [0.2, 0.25) is 0 Å². The van der Waals surface area contributed by atoms with Gasteiger partial charge in [-0.25, -0.2) is 0 Å². The van der Waals surface area contributed by atoms with Gasteiger partial charge in [-0.15, -0.1) is 6.58 Å². The summed E-state index contributed by atoms with van der Waals surface area (Å²) in [6.45, 7) is 14.5. The Morgan fingerprint density at radius 1 is 1.21 bits per heavy atom. The lowest BCUT2D eigenvalue weighted by Crippen LogP contribution is -2.13. The van der Waals surface area contributed by atoms with Crippen LogP contribution in [-0.2, 0) is 16.6 Å². The first-order valence-corrected chi connectivity index (χ1v) is 6.99. The zero-order valence-corrected chi connectivity index (χ0v) is 13.0. The van der Waals surface area contributed by atoms with Gasteiger partial charge in [0.05, 0.1) is 0 Å². The first-order valence-electron chi connectivity index (χ1n) is 6.99. The topological polar surface area (TPSA) is 17.1 Å². The molecule has 0 unspecified atom stereocenters. The van der Waals surface area contributed by atoms with E-state index in [1.54, 1.807) is 6.08 Å². The van der Waals surface area contributed by atoms with Gasteiger partial charge in [-0.2, -0.15) is 0 Å². The number of carbonyl (C=O) groups excluding carboxylic acids is 1. The molecular formula is C18H26O. The normalized spacial score (nSPS) is 11.4. The maximum atomic E-state index is 11.9. The lowest BCUT2D eigenvalue weighted by atomic mass is 9.83. The summed E-state index contributed by atoms with van der Waals surface area (Å²) >= 11 is 0. The highest BCUT2D eigenvalue weighted by Crippen LogP contribution is 2.27. The second-order valence-corrected chi connectivity index (χ2v) is 6.38. The summed E-state index contributed by atoms with van der Waals surface area (Å²) in [4.78, 5) is 11.9. The summed E-state index contributed by atoms with van der Waals surface area (Å²) in [6, 6.07) is 4.45. The molecule has 1 rings (SSSR count). The van der Waals surface area contributed by atoms with Crippen molar-refractivity contribution >= 4 is 5.78 Å². The van der Waals surface area contributed by atoms with E-state index >= 15 is 0 Å². The van der Waals surface area contributed by atoms with Crippen LogP contribution in [-0.4, -0.2) is 5.78 Å². The maximum absolute atomic E-state index is 11.9. The van der Waals surface area contributed by atoms with E-state index in [-0.39, 0.29) is 5.41 Å². The fourth-order valence-corrected chi connectivity index (χ4v) is 2.25. The average Bonchev–Trinajstić information content (AvgIpc) is 2.29. The van der Waals surface area contributed by atoms with Gasteiger partial charge < -0.3 is 0 Å². The number of rotatable bonds is 5. The molecule has 0 bridgehead atoms. The quantitative estimate of drug-likeness (QED) is 0.701. The Labute approximate surface area is 117 Å². The van der Waals surface area contributed by atoms with Crippen LogP contribution in [0.5, 0.6) is 0 Å². The van der Waals surface area contributed by atoms with E-state index in [0.717, 1.165) is 6.42 Å². The summed E-state index contributed by atoms with van der Waals surface area (Å²) < 4.78 is 0. The molecule has 0 fully saturated rings. The summed E-state index contributed by atoms with van der Waals surface area (Å²) in [5.41, 5.74) is 5.15. The highest BCUT2D eigenvalue weighted by Gasteiger charge is 2.17. The van der Waals surface area contributed by atoms with E-state index in [2.05, 4.69) is 53.3 Å². The van der Waals surface area contributed by atoms with Gasteiger partial charge in [0, 0.05) is 12.8 Å². The Hall–Kier alpha value is -1.37. The van der Waals surface area contributed by atoms with E-state index in [9.17, 15) is 4.79 Å². The SMILES string of the molecule is C=CCCC(=O)Cc1c(C)cc(C(C)(C)C)cc1C. The number of ketones is 1. The Bertz CT molecular complexity index is 452. The smallest absolute Gasteiger partial charge is 0.137 e. The van der Waals surface area contributed by atoms with Crippen LogP contribution in [0.4, 0.5) is 0 Å². The highest BCUT2D eigenvalue weighted by atomic mass is 16.1. The molecule has 0 saturated carbocycles. The molecule has 1 nitrogen and oxygen atoms in total. The zero-order chi connectivity index (χ0) is 14.6. The second-order valence-electron chi connectivity index (χ2n) is 6.38. The van der Waals surface area contributed by atoms with Gasteiger partial charge in [-0.3, -0.25) is 4.79 Å². The second kappa shape index (κ2) is 6.18. The lowest BCUT2D eigenvalue weighted by Gasteiger charge is -2.22. The molecule has 0 aliphatic heterocycles. The largest absolute Gasteiger partial charge is 0.299 e. The molecule has 1 aromatic rings. The van der Waals surface area contributed by atoms with Gasteiger partial charge in [0.25, 0.3) is 0 Å². The molecule has 1 heteroatoms. The number of hydrogen-bond acceptors (Lipinski definition) is 1. The molecule has 0 aliphatic rings. The van der Waals surface area contributed by atoms with Crippen LogP contribution in [0.25, 0.3) is 0 Å². The molecule has 0 amide bonds. The Balaban J connectivity index is 2.98. The molecule has 19 heavy (non-hydrogen) atoms. The molecule has 0 radical (unpaired) electrons. The Morgan fingerprint density at radius 2 is 1.74 bits per heavy atom. The molecule has 0 atom stereocenters. The van der Waals surface area contributed by atoms with Gasteiger partial charge in [0.1, 0.15) is 5.78 Å². The zero-order valence-electron chi connectivity index (χ0n) is 13.0. The number of allylic oxidation sites excluding steroid dienone is 1. The fourth-order valence-electron chi connectivity index (χ4n) is 2.25. The van der Waals surface area contributed by atoms with Crippen molar-refractivity contribution < 1.29 is 4.79 Å². The van der Waals surface area contributed by atoms with Crippen molar-refractivity contribution in [2.75, 3.05) is 0 Å². The van der Waals surface area contributed by atoms with Gasteiger partial charge in [0.2, 0.25) is 0 Å². The van der Waals surface area contributed by atoms with Crippen LogP contribution in [0.1, 0.15) is 55.9 Å². The molecule has 104 valence electrons. The molecule has 1 aromatic carbocycles. The molecule has 0 heterocycles. The average molecular weight is 258 g/mol. The molecule has 0 saturated heterocycles. The Morgan fingerprint density at radius 3 is 2.16 bits per heavy atom. The number of benzene rings is 1. The van der Waals surface area contributed by atoms with Crippen molar-refractivity contribution in [3.63, 3.8) is 0 Å². The third kappa shape index (κ3) is 4.34. The van der Waals surface area contributed by atoms with Gasteiger partial charge in [-0.05, 0) is 47.9 Å². The molecule has 0 aromatic heterocycles. The lowest BCUT2D eigenvalue weighted by molar-refractivity contribution is -0.118. The van der Waals surface area contributed by atoms with Gasteiger partial charge >= 0.3 is 0 Å². The van der Waals surface area contributed by atoms with E-state index in [4.69, 9.17) is 0 Å². The van der Waals surface area contributed by atoms with Crippen LogP contribution in [0.15, 0.2) is 24.8 Å². The highest BCUT2D eigenvalue weighted by molar-refractivity contribution is 5.81. The van der Waals surface area contributed by atoms with Crippen LogP contribution < -0.4 is 0 Å². The van der Waals surface area contributed by atoms with Gasteiger partial charge in [-0.1, -0.05) is 39.0 Å². The monoisotopic (exact) mass is 258 g/mol. The third-order valence-corrected chi connectivity index (χ3v) is 3.56. The van der Waals surface area contributed by atoms with E-state index in [0.29, 0.717) is 18.6 Å². The van der Waals surface area contributed by atoms with Crippen molar-refractivity contribution in [3.8, 4) is 0 Å². The maximum Gasteiger partial charge on any atom is 0.137 e.